The van der Waals surface area contributed by atoms with Gasteiger partial charge in [-0.2, -0.15) is 13.2 Å². The molecule has 1 atom stereocenters. The van der Waals surface area contributed by atoms with E-state index < -0.39 is 23.7 Å². The van der Waals surface area contributed by atoms with Gasteiger partial charge in [-0.25, -0.2) is 0 Å². The van der Waals surface area contributed by atoms with E-state index in [9.17, 15) is 18.0 Å². The van der Waals surface area contributed by atoms with Crippen LogP contribution in [0.4, 0.5) is 13.2 Å². The minimum Gasteiger partial charge on any atom is -0.369 e. The molecule has 0 saturated heterocycles. The molecule has 1 fully saturated rings. The van der Waals surface area contributed by atoms with Crippen molar-refractivity contribution in [2.45, 2.75) is 49.9 Å². The molecule has 1 aromatic heterocycles. The van der Waals surface area contributed by atoms with Gasteiger partial charge >= 0.3 is 12.1 Å². The van der Waals surface area contributed by atoms with Crippen molar-refractivity contribution in [2.24, 2.45) is 0 Å². The molecule has 1 aliphatic carbocycles. The highest BCUT2D eigenvalue weighted by Gasteiger charge is 2.53. The van der Waals surface area contributed by atoms with Crippen LogP contribution in [0.1, 0.15) is 43.2 Å². The maximum Gasteiger partial charge on any atom is 0.471 e. The van der Waals surface area contributed by atoms with Crippen molar-refractivity contribution in [2.75, 3.05) is 6.61 Å². The minimum atomic E-state index is -4.89. The lowest BCUT2D eigenvalue weighted by atomic mass is 9.86. The number of carbonyl (C=O) groups excluding carboxylic acids is 1. The van der Waals surface area contributed by atoms with E-state index in [4.69, 9.17) is 4.74 Å². The zero-order valence-corrected chi connectivity index (χ0v) is 12.5. The van der Waals surface area contributed by atoms with Gasteiger partial charge in [-0.05, 0) is 43.7 Å². The fourth-order valence-electron chi connectivity index (χ4n) is 2.89. The molecule has 116 valence electrons. The number of halogens is 3. The SMILES string of the molecule is CC(C)(NC(=O)C(F)(F)F)C1OCC2(CC2)c2ccsc21. The molecule has 1 amide bonds. The lowest BCUT2D eigenvalue weighted by molar-refractivity contribution is -0.177. The van der Waals surface area contributed by atoms with E-state index in [0.717, 1.165) is 17.7 Å². The van der Waals surface area contributed by atoms with Crippen LogP contribution in [-0.2, 0) is 14.9 Å². The maximum absolute atomic E-state index is 12.5. The number of nitrogens with one attached hydrogen (secondary N) is 1. The van der Waals surface area contributed by atoms with Crippen molar-refractivity contribution < 1.29 is 22.7 Å². The third-order valence-corrected chi connectivity index (χ3v) is 5.19. The predicted molar refractivity (Wildman–Crippen MR) is 72.2 cm³/mol. The highest BCUT2D eigenvalue weighted by molar-refractivity contribution is 7.10. The highest BCUT2D eigenvalue weighted by Crippen LogP contribution is 2.56. The van der Waals surface area contributed by atoms with Gasteiger partial charge in [0.2, 0.25) is 0 Å². The molecule has 2 aliphatic rings. The van der Waals surface area contributed by atoms with Gasteiger partial charge in [-0.15, -0.1) is 11.3 Å². The summed E-state index contributed by atoms with van der Waals surface area (Å²) in [5, 5.41) is 4.00. The van der Waals surface area contributed by atoms with Crippen LogP contribution in [0.25, 0.3) is 0 Å². The van der Waals surface area contributed by atoms with E-state index in [-0.39, 0.29) is 5.41 Å². The van der Waals surface area contributed by atoms with Crippen LogP contribution < -0.4 is 5.32 Å². The average Bonchev–Trinajstić information content (AvgIpc) is 2.94. The number of carbonyl (C=O) groups is 1. The molecule has 2 heterocycles. The average molecular weight is 319 g/mol. The van der Waals surface area contributed by atoms with Gasteiger partial charge in [0, 0.05) is 10.3 Å². The van der Waals surface area contributed by atoms with Gasteiger partial charge < -0.3 is 10.1 Å². The van der Waals surface area contributed by atoms with E-state index in [1.165, 1.54) is 16.9 Å². The Balaban J connectivity index is 1.85. The Kier molecular flexibility index (Phi) is 3.15. The summed E-state index contributed by atoms with van der Waals surface area (Å²) in [5.74, 6) is -1.93. The molecule has 1 N–H and O–H groups in total. The Hall–Kier alpha value is -1.08. The molecule has 1 saturated carbocycles. The third-order valence-electron chi connectivity index (χ3n) is 4.23. The molecule has 1 aliphatic heterocycles. The molecular weight excluding hydrogens is 303 g/mol. The smallest absolute Gasteiger partial charge is 0.369 e. The molecule has 3 rings (SSSR count). The monoisotopic (exact) mass is 319 g/mol. The maximum atomic E-state index is 12.5. The molecule has 3 nitrogen and oxygen atoms in total. The number of hydrogen-bond acceptors (Lipinski definition) is 3. The van der Waals surface area contributed by atoms with Gasteiger partial charge in [0.1, 0.15) is 6.10 Å². The molecule has 0 bridgehead atoms. The van der Waals surface area contributed by atoms with Gasteiger partial charge in [-0.3, -0.25) is 4.79 Å². The van der Waals surface area contributed by atoms with Crippen LogP contribution in [0.15, 0.2) is 11.4 Å². The number of amides is 1. The minimum absolute atomic E-state index is 0.0654. The first kappa shape index (κ1) is 14.8. The molecule has 1 unspecified atom stereocenters. The number of hydrogen-bond donors (Lipinski definition) is 1. The fraction of sp³-hybridized carbons (Fsp3) is 0.643. The summed E-state index contributed by atoms with van der Waals surface area (Å²) in [6, 6.07) is 2.03. The Morgan fingerprint density at radius 3 is 2.67 bits per heavy atom. The van der Waals surface area contributed by atoms with E-state index in [1.54, 1.807) is 13.8 Å². The quantitative estimate of drug-likeness (QED) is 0.908. The number of thiophene rings is 1. The topological polar surface area (TPSA) is 38.3 Å². The summed E-state index contributed by atoms with van der Waals surface area (Å²) in [6.07, 6.45) is -3.33. The van der Waals surface area contributed by atoms with Gasteiger partial charge in [0.25, 0.3) is 0 Å². The van der Waals surface area contributed by atoms with Crippen molar-refractivity contribution in [1.29, 1.82) is 0 Å². The lowest BCUT2D eigenvalue weighted by Crippen LogP contribution is -2.54. The van der Waals surface area contributed by atoms with Gasteiger partial charge in [-0.1, -0.05) is 0 Å². The van der Waals surface area contributed by atoms with E-state index in [1.807, 2.05) is 11.4 Å². The van der Waals surface area contributed by atoms with Crippen LogP contribution in [0.3, 0.4) is 0 Å². The van der Waals surface area contributed by atoms with Crippen LogP contribution in [-0.4, -0.2) is 24.2 Å². The van der Waals surface area contributed by atoms with Crippen LogP contribution in [0.2, 0.25) is 0 Å². The molecule has 21 heavy (non-hydrogen) atoms. The Labute approximate surface area is 124 Å². The normalized spacial score (nSPS) is 23.8. The first-order chi connectivity index (χ1) is 9.66. The number of fused-ring (bicyclic) bond motifs is 2. The molecule has 7 heteroatoms. The molecular formula is C14H16F3NO2S. The van der Waals surface area contributed by atoms with E-state index >= 15 is 0 Å². The lowest BCUT2D eigenvalue weighted by Gasteiger charge is -2.39. The van der Waals surface area contributed by atoms with Crippen molar-refractivity contribution in [3.05, 3.63) is 21.9 Å². The summed E-state index contributed by atoms with van der Waals surface area (Å²) in [7, 11) is 0. The summed E-state index contributed by atoms with van der Waals surface area (Å²) >= 11 is 1.48. The number of alkyl halides is 3. The second-order valence-electron chi connectivity index (χ2n) is 6.34. The summed E-state index contributed by atoms with van der Waals surface area (Å²) in [4.78, 5) is 12.2. The standard InChI is InChI=1S/C14H16F3NO2S/c1-12(2,18-11(19)14(15,16)17)10-9-8(3-6-21-9)13(4-5-13)7-20-10/h3,6,10H,4-5,7H2,1-2H3,(H,18,19). The predicted octanol–water partition coefficient (Wildman–Crippen LogP) is 3.31. The summed E-state index contributed by atoms with van der Waals surface area (Å²) < 4.78 is 43.2. The van der Waals surface area contributed by atoms with Crippen molar-refractivity contribution in [3.8, 4) is 0 Å². The van der Waals surface area contributed by atoms with Gasteiger partial charge in [0.15, 0.2) is 0 Å². The Morgan fingerprint density at radius 1 is 1.43 bits per heavy atom. The van der Waals surface area contributed by atoms with Crippen LogP contribution in [0.5, 0.6) is 0 Å². The second-order valence-corrected chi connectivity index (χ2v) is 7.29. The molecule has 1 spiro atoms. The zero-order valence-electron chi connectivity index (χ0n) is 11.7. The Bertz CT molecular complexity index is 575. The Morgan fingerprint density at radius 2 is 2.10 bits per heavy atom. The van der Waals surface area contributed by atoms with Crippen molar-refractivity contribution in [1.82, 2.24) is 5.32 Å². The molecule has 1 aromatic rings. The fourth-order valence-corrected chi connectivity index (χ4v) is 4.14. The van der Waals surface area contributed by atoms with Crippen molar-refractivity contribution in [3.63, 3.8) is 0 Å². The highest BCUT2D eigenvalue weighted by atomic mass is 32.1. The first-order valence-corrected chi connectivity index (χ1v) is 7.62. The van der Waals surface area contributed by atoms with E-state index in [2.05, 4.69) is 5.32 Å². The van der Waals surface area contributed by atoms with E-state index in [0.29, 0.717) is 6.61 Å². The third kappa shape index (κ3) is 2.46. The summed E-state index contributed by atoms with van der Waals surface area (Å²) in [6.45, 7) is 3.64. The largest absolute Gasteiger partial charge is 0.471 e. The van der Waals surface area contributed by atoms with Gasteiger partial charge in [0.05, 0.1) is 12.1 Å². The van der Waals surface area contributed by atoms with Crippen molar-refractivity contribution >= 4 is 17.2 Å². The second kappa shape index (κ2) is 4.46. The first-order valence-electron chi connectivity index (χ1n) is 6.75. The number of rotatable bonds is 2. The molecule has 0 radical (unpaired) electrons. The van der Waals surface area contributed by atoms with Crippen LogP contribution in [0, 0.1) is 0 Å². The zero-order chi connectivity index (χ0) is 15.5. The molecule has 0 aromatic carbocycles. The summed E-state index contributed by atoms with van der Waals surface area (Å²) in [5.41, 5.74) is 0.122. The number of ether oxygens (including phenoxy) is 1. The van der Waals surface area contributed by atoms with Crippen LogP contribution >= 0.6 is 11.3 Å².